The predicted octanol–water partition coefficient (Wildman–Crippen LogP) is 2.01. The number of piperidine rings is 1. The lowest BCUT2D eigenvalue weighted by Crippen LogP contribution is -2.36. The minimum absolute atomic E-state index is 0.000745. The van der Waals surface area contributed by atoms with Crippen LogP contribution < -0.4 is 5.32 Å². The van der Waals surface area contributed by atoms with E-state index in [0.717, 1.165) is 44.9 Å². The quantitative estimate of drug-likeness (QED) is 0.697. The lowest BCUT2D eigenvalue weighted by molar-refractivity contribution is -0.148. The van der Waals surface area contributed by atoms with Gasteiger partial charge in [0, 0.05) is 19.1 Å². The molecule has 2 fully saturated rings. The highest BCUT2D eigenvalue weighted by atomic mass is 32.2. The fraction of sp³-hybridized carbons (Fsp3) is 0.600. The molecule has 3 rings (SSSR count). The molecule has 0 unspecified atom stereocenters. The van der Waals surface area contributed by atoms with Gasteiger partial charge in [0.05, 0.1) is 11.3 Å². The molecule has 0 aromatic heterocycles. The summed E-state index contributed by atoms with van der Waals surface area (Å²) < 4.78 is 31.8. The second-order valence-electron chi connectivity index (χ2n) is 7.50. The van der Waals surface area contributed by atoms with Crippen molar-refractivity contribution in [1.82, 2.24) is 9.62 Å². The predicted molar refractivity (Wildman–Crippen MR) is 104 cm³/mol. The Labute approximate surface area is 166 Å². The molecule has 0 atom stereocenters. The van der Waals surface area contributed by atoms with Crippen LogP contribution in [0.1, 0.15) is 50.5 Å². The van der Waals surface area contributed by atoms with Crippen molar-refractivity contribution >= 4 is 21.9 Å². The van der Waals surface area contributed by atoms with E-state index in [9.17, 15) is 18.0 Å². The SMILES string of the molecule is O=C(COC(=O)Cc1ccc(S(=O)(=O)N2CCCCC2)cc1)NC1CCCC1. The molecule has 1 heterocycles. The summed E-state index contributed by atoms with van der Waals surface area (Å²) in [7, 11) is -3.48. The van der Waals surface area contributed by atoms with Crippen LogP contribution in [0.5, 0.6) is 0 Å². The maximum Gasteiger partial charge on any atom is 0.310 e. The Morgan fingerprint density at radius 3 is 2.29 bits per heavy atom. The molecule has 1 aliphatic carbocycles. The third-order valence-corrected chi connectivity index (χ3v) is 7.22. The standard InChI is InChI=1S/C20H28N2O5S/c23-19(21-17-6-2-3-7-17)15-27-20(24)14-16-8-10-18(11-9-16)28(25,26)22-12-4-1-5-13-22/h8-11,17H,1-7,12-15H2,(H,21,23). The normalized spacial score (nSPS) is 18.7. The summed E-state index contributed by atoms with van der Waals surface area (Å²) in [5.74, 6) is -0.781. The van der Waals surface area contributed by atoms with E-state index in [2.05, 4.69) is 5.32 Å². The molecule has 1 aromatic carbocycles. The zero-order valence-electron chi connectivity index (χ0n) is 16.1. The molecule has 0 radical (unpaired) electrons. The van der Waals surface area contributed by atoms with Gasteiger partial charge in [-0.2, -0.15) is 4.31 Å². The van der Waals surface area contributed by atoms with Crippen LogP contribution in [0.4, 0.5) is 0 Å². The summed E-state index contributed by atoms with van der Waals surface area (Å²) >= 11 is 0. The Kier molecular flexibility index (Phi) is 7.07. The number of sulfonamides is 1. The first-order valence-corrected chi connectivity index (χ1v) is 11.4. The number of hydrogen-bond donors (Lipinski definition) is 1. The van der Waals surface area contributed by atoms with Gasteiger partial charge in [-0.05, 0) is 43.4 Å². The zero-order chi connectivity index (χ0) is 20.0. The summed E-state index contributed by atoms with van der Waals surface area (Å²) in [5.41, 5.74) is 0.652. The molecule has 0 spiro atoms. The minimum atomic E-state index is -3.48. The van der Waals surface area contributed by atoms with Gasteiger partial charge in [0.25, 0.3) is 5.91 Å². The number of ether oxygens (including phenoxy) is 1. The van der Waals surface area contributed by atoms with Gasteiger partial charge in [-0.15, -0.1) is 0 Å². The minimum Gasteiger partial charge on any atom is -0.455 e. The smallest absolute Gasteiger partial charge is 0.310 e. The van der Waals surface area contributed by atoms with Crippen molar-refractivity contribution in [3.8, 4) is 0 Å². The van der Waals surface area contributed by atoms with Crippen LogP contribution in [0.3, 0.4) is 0 Å². The van der Waals surface area contributed by atoms with Gasteiger partial charge >= 0.3 is 5.97 Å². The maximum atomic E-state index is 12.6. The lowest BCUT2D eigenvalue weighted by atomic mass is 10.1. The molecule has 1 amide bonds. The molecule has 7 nitrogen and oxygen atoms in total. The van der Waals surface area contributed by atoms with E-state index in [1.54, 1.807) is 12.1 Å². The average Bonchev–Trinajstić information content (AvgIpc) is 3.20. The van der Waals surface area contributed by atoms with Crippen LogP contribution in [-0.4, -0.2) is 50.3 Å². The topological polar surface area (TPSA) is 92.8 Å². The molecule has 154 valence electrons. The van der Waals surface area contributed by atoms with Crippen LogP contribution in [0, 0.1) is 0 Å². The van der Waals surface area contributed by atoms with Crippen LogP contribution >= 0.6 is 0 Å². The Hall–Kier alpha value is -1.93. The van der Waals surface area contributed by atoms with Gasteiger partial charge in [0.2, 0.25) is 10.0 Å². The van der Waals surface area contributed by atoms with Crippen molar-refractivity contribution in [3.05, 3.63) is 29.8 Å². The van der Waals surface area contributed by atoms with E-state index < -0.39 is 16.0 Å². The molecule has 2 aliphatic rings. The second-order valence-corrected chi connectivity index (χ2v) is 9.43. The number of carbonyl (C=O) groups is 2. The number of carbonyl (C=O) groups excluding carboxylic acids is 2. The van der Waals surface area contributed by atoms with Gasteiger partial charge in [0.15, 0.2) is 6.61 Å². The van der Waals surface area contributed by atoms with Crippen molar-refractivity contribution < 1.29 is 22.7 Å². The third-order valence-electron chi connectivity index (χ3n) is 5.31. The van der Waals surface area contributed by atoms with Crippen molar-refractivity contribution in [1.29, 1.82) is 0 Å². The molecule has 1 aromatic rings. The molecule has 0 bridgehead atoms. The van der Waals surface area contributed by atoms with Gasteiger partial charge in [0.1, 0.15) is 0 Å². The van der Waals surface area contributed by atoms with Gasteiger partial charge < -0.3 is 10.1 Å². The van der Waals surface area contributed by atoms with E-state index in [0.29, 0.717) is 18.7 Å². The molecule has 1 saturated heterocycles. The van der Waals surface area contributed by atoms with Gasteiger partial charge in [-0.3, -0.25) is 9.59 Å². The largest absolute Gasteiger partial charge is 0.455 e. The molecule has 1 N–H and O–H groups in total. The highest BCUT2D eigenvalue weighted by Crippen LogP contribution is 2.21. The Morgan fingerprint density at radius 1 is 1.00 bits per heavy atom. The Morgan fingerprint density at radius 2 is 1.64 bits per heavy atom. The summed E-state index contributed by atoms with van der Waals surface area (Å²) in [4.78, 5) is 24.0. The number of benzene rings is 1. The number of amides is 1. The first kappa shape index (κ1) is 20.8. The van der Waals surface area contributed by atoms with E-state index in [4.69, 9.17) is 4.74 Å². The van der Waals surface area contributed by atoms with E-state index in [1.165, 1.54) is 16.4 Å². The van der Waals surface area contributed by atoms with Crippen molar-refractivity contribution in [2.75, 3.05) is 19.7 Å². The van der Waals surface area contributed by atoms with Crippen molar-refractivity contribution in [3.63, 3.8) is 0 Å². The summed E-state index contributed by atoms with van der Waals surface area (Å²) in [6.07, 6.45) is 7.03. The van der Waals surface area contributed by atoms with Crippen molar-refractivity contribution in [2.24, 2.45) is 0 Å². The van der Waals surface area contributed by atoms with E-state index >= 15 is 0 Å². The molecule has 1 aliphatic heterocycles. The van der Waals surface area contributed by atoms with Crippen LogP contribution in [0.15, 0.2) is 29.2 Å². The first-order valence-electron chi connectivity index (χ1n) is 9.99. The Balaban J connectivity index is 1.48. The van der Waals surface area contributed by atoms with Crippen LogP contribution in [0.25, 0.3) is 0 Å². The van der Waals surface area contributed by atoms with Crippen LogP contribution in [-0.2, 0) is 30.8 Å². The van der Waals surface area contributed by atoms with E-state index in [-0.39, 0.29) is 29.9 Å². The molecular formula is C20H28N2O5S. The van der Waals surface area contributed by atoms with Gasteiger partial charge in [-0.25, -0.2) is 8.42 Å². The Bertz CT molecular complexity index is 779. The maximum absolute atomic E-state index is 12.6. The first-order chi connectivity index (χ1) is 13.4. The van der Waals surface area contributed by atoms with E-state index in [1.807, 2.05) is 0 Å². The number of rotatable bonds is 7. The molecule has 28 heavy (non-hydrogen) atoms. The van der Waals surface area contributed by atoms with Gasteiger partial charge in [-0.1, -0.05) is 31.4 Å². The molecular weight excluding hydrogens is 380 g/mol. The summed E-state index contributed by atoms with van der Waals surface area (Å²) in [6.45, 7) is 0.829. The fourth-order valence-corrected chi connectivity index (χ4v) is 5.25. The number of hydrogen-bond acceptors (Lipinski definition) is 5. The number of esters is 1. The highest BCUT2D eigenvalue weighted by molar-refractivity contribution is 7.89. The molecule has 1 saturated carbocycles. The second kappa shape index (κ2) is 9.52. The fourth-order valence-electron chi connectivity index (χ4n) is 3.74. The zero-order valence-corrected chi connectivity index (χ0v) is 16.9. The summed E-state index contributed by atoms with van der Waals surface area (Å²) in [5, 5.41) is 2.87. The lowest BCUT2D eigenvalue weighted by Gasteiger charge is -2.25. The number of nitrogens with zero attached hydrogens (tertiary/aromatic N) is 1. The monoisotopic (exact) mass is 408 g/mol. The van der Waals surface area contributed by atoms with Crippen LogP contribution in [0.2, 0.25) is 0 Å². The number of nitrogens with one attached hydrogen (secondary N) is 1. The highest BCUT2D eigenvalue weighted by Gasteiger charge is 2.25. The van der Waals surface area contributed by atoms with Crippen molar-refractivity contribution in [2.45, 2.75) is 62.3 Å². The summed E-state index contributed by atoms with van der Waals surface area (Å²) in [6, 6.07) is 6.49. The molecule has 8 heteroatoms. The third kappa shape index (κ3) is 5.54. The average molecular weight is 409 g/mol.